The molecule has 0 saturated carbocycles. The highest BCUT2D eigenvalue weighted by molar-refractivity contribution is 8.00. The highest BCUT2D eigenvalue weighted by atomic mass is 35.5. The molecule has 0 aromatic heterocycles. The summed E-state index contributed by atoms with van der Waals surface area (Å²) in [5.74, 6) is 2.97. The van der Waals surface area contributed by atoms with Gasteiger partial charge in [0.05, 0.1) is 5.75 Å². The molecule has 0 unspecified atom stereocenters. The van der Waals surface area contributed by atoms with Crippen molar-refractivity contribution in [2.45, 2.75) is 19.8 Å². The molecule has 0 aliphatic rings. The first-order valence-electron chi connectivity index (χ1n) is 4.46. The zero-order valence-corrected chi connectivity index (χ0v) is 10.3. The van der Waals surface area contributed by atoms with Crippen LogP contribution in [0.3, 0.4) is 0 Å². The molecule has 0 radical (unpaired) electrons. The monoisotopic (exact) mass is 244 g/mol. The Morgan fingerprint density at radius 3 is 2.46 bits per heavy atom. The molecule has 0 aliphatic carbocycles. The van der Waals surface area contributed by atoms with Crippen LogP contribution in [-0.2, 0) is 9.84 Å². The largest absolute Gasteiger partial charge is 0.229 e. The van der Waals surface area contributed by atoms with Crippen molar-refractivity contribution in [2.75, 3.05) is 28.9 Å². The van der Waals surface area contributed by atoms with Gasteiger partial charge >= 0.3 is 0 Å². The molecule has 0 aromatic rings. The third-order valence-electron chi connectivity index (χ3n) is 1.48. The van der Waals surface area contributed by atoms with Gasteiger partial charge in [0.1, 0.15) is 0 Å². The van der Waals surface area contributed by atoms with E-state index in [4.69, 9.17) is 11.6 Å². The number of halogens is 1. The fraction of sp³-hybridized carbons (Fsp3) is 1.00. The number of rotatable bonds is 8. The predicted molar refractivity (Wildman–Crippen MR) is 61.6 cm³/mol. The third-order valence-corrected chi connectivity index (χ3v) is 4.93. The topological polar surface area (TPSA) is 34.1 Å². The van der Waals surface area contributed by atoms with Gasteiger partial charge in [-0.3, -0.25) is 0 Å². The van der Waals surface area contributed by atoms with Crippen molar-refractivity contribution in [2.24, 2.45) is 0 Å². The minimum atomic E-state index is -2.77. The van der Waals surface area contributed by atoms with Crippen LogP contribution in [0.5, 0.6) is 0 Å². The normalized spacial score (nSPS) is 11.8. The molecule has 0 fully saturated rings. The summed E-state index contributed by atoms with van der Waals surface area (Å²) < 4.78 is 22.4. The van der Waals surface area contributed by atoms with E-state index in [2.05, 4.69) is 0 Å². The molecule has 0 atom stereocenters. The highest BCUT2D eigenvalue weighted by Gasteiger charge is 2.07. The van der Waals surface area contributed by atoms with Crippen molar-refractivity contribution >= 4 is 33.2 Å². The average molecular weight is 245 g/mol. The maximum Gasteiger partial charge on any atom is 0.151 e. The Hall–Kier alpha value is 0.590. The first kappa shape index (κ1) is 13.6. The first-order chi connectivity index (χ1) is 6.12. The van der Waals surface area contributed by atoms with Crippen LogP contribution < -0.4 is 0 Å². The molecule has 0 rings (SSSR count). The Balaban J connectivity index is 3.41. The molecule has 0 bridgehead atoms. The van der Waals surface area contributed by atoms with Crippen LogP contribution in [0.25, 0.3) is 0 Å². The lowest BCUT2D eigenvalue weighted by Crippen LogP contribution is -2.12. The summed E-state index contributed by atoms with van der Waals surface area (Å²) in [7, 11) is -2.77. The first-order valence-corrected chi connectivity index (χ1v) is 7.97. The minimum absolute atomic E-state index is 0.313. The van der Waals surface area contributed by atoms with Crippen LogP contribution in [-0.4, -0.2) is 37.3 Å². The molecule has 0 amide bonds. The van der Waals surface area contributed by atoms with Crippen molar-refractivity contribution in [3.63, 3.8) is 0 Å². The second-order valence-electron chi connectivity index (χ2n) is 2.81. The van der Waals surface area contributed by atoms with Gasteiger partial charge < -0.3 is 0 Å². The molecule has 0 N–H and O–H groups in total. The van der Waals surface area contributed by atoms with Gasteiger partial charge in [0.25, 0.3) is 0 Å². The lowest BCUT2D eigenvalue weighted by Gasteiger charge is -2.01. The van der Waals surface area contributed by atoms with Gasteiger partial charge in [-0.2, -0.15) is 11.8 Å². The summed E-state index contributed by atoms with van der Waals surface area (Å²) in [5.41, 5.74) is 0. The van der Waals surface area contributed by atoms with Crippen LogP contribution in [0.2, 0.25) is 0 Å². The maximum absolute atomic E-state index is 11.2. The molecule has 0 saturated heterocycles. The molecule has 0 heterocycles. The van der Waals surface area contributed by atoms with E-state index in [1.54, 1.807) is 11.8 Å². The van der Waals surface area contributed by atoms with Crippen LogP contribution in [0.4, 0.5) is 0 Å². The second-order valence-corrected chi connectivity index (χ2v) is 6.71. The summed E-state index contributed by atoms with van der Waals surface area (Å²) in [6.45, 7) is 1.89. The lowest BCUT2D eigenvalue weighted by atomic mass is 10.6. The van der Waals surface area contributed by atoms with E-state index in [1.807, 2.05) is 6.92 Å². The van der Waals surface area contributed by atoms with Gasteiger partial charge in [-0.05, 0) is 18.6 Å². The van der Waals surface area contributed by atoms with E-state index in [9.17, 15) is 8.42 Å². The smallest absolute Gasteiger partial charge is 0.151 e. The predicted octanol–water partition coefficient (Wildman–Crippen LogP) is 2.17. The fourth-order valence-electron chi connectivity index (χ4n) is 0.858. The molecular weight excluding hydrogens is 228 g/mol. The summed E-state index contributed by atoms with van der Waals surface area (Å²) in [6.07, 6.45) is 1.68. The Bertz CT molecular complexity index is 202. The summed E-state index contributed by atoms with van der Waals surface area (Å²) in [6, 6.07) is 0. The average Bonchev–Trinajstić information content (AvgIpc) is 2.04. The number of hydrogen-bond acceptors (Lipinski definition) is 3. The molecule has 0 aromatic carbocycles. The van der Waals surface area contributed by atoms with Gasteiger partial charge in [0.2, 0.25) is 0 Å². The van der Waals surface area contributed by atoms with Crippen LogP contribution in [0.15, 0.2) is 0 Å². The van der Waals surface area contributed by atoms with Gasteiger partial charge in [-0.25, -0.2) is 8.42 Å². The molecule has 80 valence electrons. The van der Waals surface area contributed by atoms with E-state index in [0.717, 1.165) is 12.2 Å². The van der Waals surface area contributed by atoms with Crippen molar-refractivity contribution in [3.8, 4) is 0 Å². The molecular formula is C8H17ClO2S2. The Kier molecular flexibility index (Phi) is 8.31. The summed E-state index contributed by atoms with van der Waals surface area (Å²) in [4.78, 5) is 0. The number of hydrogen-bond donors (Lipinski definition) is 0. The Labute approximate surface area is 90.3 Å². The van der Waals surface area contributed by atoms with Gasteiger partial charge in [0, 0.05) is 17.4 Å². The molecule has 2 nitrogen and oxygen atoms in total. The quantitative estimate of drug-likeness (QED) is 0.485. The van der Waals surface area contributed by atoms with Gasteiger partial charge in [-0.15, -0.1) is 11.6 Å². The van der Waals surface area contributed by atoms with Crippen LogP contribution >= 0.6 is 23.4 Å². The third kappa shape index (κ3) is 8.91. The van der Waals surface area contributed by atoms with Gasteiger partial charge in [0.15, 0.2) is 9.84 Å². The number of sulfone groups is 1. The zero-order valence-electron chi connectivity index (χ0n) is 7.96. The minimum Gasteiger partial charge on any atom is -0.229 e. The van der Waals surface area contributed by atoms with Gasteiger partial charge in [-0.1, -0.05) is 6.92 Å². The zero-order chi connectivity index (χ0) is 10.2. The summed E-state index contributed by atoms with van der Waals surface area (Å²) in [5, 5.41) is 0. The van der Waals surface area contributed by atoms with Crippen molar-refractivity contribution < 1.29 is 8.42 Å². The Morgan fingerprint density at radius 2 is 1.92 bits per heavy atom. The fourth-order valence-corrected chi connectivity index (χ4v) is 4.02. The lowest BCUT2D eigenvalue weighted by molar-refractivity contribution is 0.596. The van der Waals surface area contributed by atoms with E-state index >= 15 is 0 Å². The maximum atomic E-state index is 11.2. The molecule has 0 aliphatic heterocycles. The molecule has 13 heavy (non-hydrogen) atoms. The van der Waals surface area contributed by atoms with E-state index in [0.29, 0.717) is 29.6 Å². The molecule has 0 spiro atoms. The number of thioether (sulfide) groups is 1. The standard InChI is InChI=1S/C8H17ClO2S2/c1-2-7-13(10,11)8-6-12-5-3-4-9/h2-8H2,1H3. The van der Waals surface area contributed by atoms with Crippen molar-refractivity contribution in [1.29, 1.82) is 0 Å². The SMILES string of the molecule is CCCS(=O)(=O)CCSCCCCl. The van der Waals surface area contributed by atoms with Crippen molar-refractivity contribution in [3.05, 3.63) is 0 Å². The van der Waals surface area contributed by atoms with E-state index in [1.165, 1.54) is 0 Å². The van der Waals surface area contributed by atoms with E-state index in [-0.39, 0.29) is 0 Å². The Morgan fingerprint density at radius 1 is 1.23 bits per heavy atom. The highest BCUT2D eigenvalue weighted by Crippen LogP contribution is 2.05. The molecule has 5 heteroatoms. The van der Waals surface area contributed by atoms with E-state index < -0.39 is 9.84 Å². The van der Waals surface area contributed by atoms with Crippen molar-refractivity contribution in [1.82, 2.24) is 0 Å². The van der Waals surface area contributed by atoms with Crippen LogP contribution in [0, 0.1) is 0 Å². The summed E-state index contributed by atoms with van der Waals surface area (Å²) >= 11 is 7.16. The van der Waals surface area contributed by atoms with Crippen LogP contribution in [0.1, 0.15) is 19.8 Å². The number of alkyl halides is 1. The second kappa shape index (κ2) is 7.94.